The molecule has 2 fully saturated rings. The smallest absolute Gasteiger partial charge is 0.353 e. The zero-order valence-corrected chi connectivity index (χ0v) is 15.4. The number of amides is 2. The molecular weight excluding hydrogens is 395 g/mol. The number of nitriles is 1. The zero-order chi connectivity index (χ0) is 21.2. The van der Waals surface area contributed by atoms with Crippen LogP contribution >= 0.6 is 0 Å². The predicted octanol–water partition coefficient (Wildman–Crippen LogP) is 3.74. The minimum Gasteiger partial charge on any atom is -0.353 e. The van der Waals surface area contributed by atoms with Crippen molar-refractivity contribution in [3.63, 3.8) is 0 Å². The number of carbonyl (C=O) groups is 2. The SMILES string of the molecule is N#C[C@@H]1[C@@H]2C(=O)N(c3cccc(C(F)(F)F)c3)C(=O)[C@H]2[C@H]2c3ccccc3C=CN12. The Hall–Kier alpha value is -3.60. The summed E-state index contributed by atoms with van der Waals surface area (Å²) in [6, 6.07) is 12.3. The van der Waals surface area contributed by atoms with E-state index in [0.717, 1.165) is 28.2 Å². The molecule has 0 saturated carbocycles. The fourth-order valence-corrected chi connectivity index (χ4v) is 4.78. The van der Waals surface area contributed by atoms with E-state index in [4.69, 9.17) is 0 Å². The topological polar surface area (TPSA) is 64.4 Å². The lowest BCUT2D eigenvalue weighted by molar-refractivity contribution is -0.137. The average Bonchev–Trinajstić information content (AvgIpc) is 3.20. The second-order valence-electron chi connectivity index (χ2n) is 7.52. The van der Waals surface area contributed by atoms with Gasteiger partial charge in [0.25, 0.3) is 0 Å². The Morgan fingerprint density at radius 2 is 1.70 bits per heavy atom. The quantitative estimate of drug-likeness (QED) is 0.673. The lowest BCUT2D eigenvalue weighted by Gasteiger charge is -2.33. The van der Waals surface area contributed by atoms with Crippen molar-refractivity contribution in [2.24, 2.45) is 11.8 Å². The summed E-state index contributed by atoms with van der Waals surface area (Å²) in [5, 5.41) is 9.76. The minimum absolute atomic E-state index is 0.128. The van der Waals surface area contributed by atoms with Crippen molar-refractivity contribution in [1.29, 1.82) is 5.26 Å². The summed E-state index contributed by atoms with van der Waals surface area (Å²) in [7, 11) is 0. The Labute approximate surface area is 169 Å². The lowest BCUT2D eigenvalue weighted by Crippen LogP contribution is -2.40. The molecule has 2 aromatic carbocycles. The summed E-state index contributed by atoms with van der Waals surface area (Å²) in [6.07, 6.45) is -1.05. The van der Waals surface area contributed by atoms with Crippen LogP contribution in [0.4, 0.5) is 18.9 Å². The monoisotopic (exact) mass is 409 g/mol. The Bertz CT molecular complexity index is 1150. The summed E-state index contributed by atoms with van der Waals surface area (Å²) >= 11 is 0. The van der Waals surface area contributed by atoms with Gasteiger partial charge in [0.2, 0.25) is 11.8 Å². The van der Waals surface area contributed by atoms with Crippen molar-refractivity contribution in [3.8, 4) is 6.07 Å². The first-order valence-corrected chi connectivity index (χ1v) is 9.32. The molecule has 5 rings (SSSR count). The number of hydrogen-bond acceptors (Lipinski definition) is 4. The summed E-state index contributed by atoms with van der Waals surface area (Å²) in [6.45, 7) is 0. The van der Waals surface area contributed by atoms with Crippen LogP contribution in [0.3, 0.4) is 0 Å². The third-order valence-electron chi connectivity index (χ3n) is 6.03. The zero-order valence-electron chi connectivity index (χ0n) is 15.4. The van der Waals surface area contributed by atoms with Gasteiger partial charge in [-0.25, -0.2) is 4.90 Å². The van der Waals surface area contributed by atoms with Crippen LogP contribution in [0.1, 0.15) is 22.7 Å². The van der Waals surface area contributed by atoms with Gasteiger partial charge in [-0.1, -0.05) is 30.3 Å². The molecule has 0 radical (unpaired) electrons. The number of alkyl halides is 3. The summed E-state index contributed by atoms with van der Waals surface area (Å²) in [5.41, 5.74) is 0.632. The molecule has 0 N–H and O–H groups in total. The normalized spacial score (nSPS) is 27.0. The van der Waals surface area contributed by atoms with Crippen molar-refractivity contribution < 1.29 is 22.8 Å². The van der Waals surface area contributed by atoms with Crippen LogP contribution in [-0.4, -0.2) is 22.8 Å². The Morgan fingerprint density at radius 3 is 2.43 bits per heavy atom. The van der Waals surface area contributed by atoms with E-state index in [1.807, 2.05) is 30.3 Å². The molecule has 0 unspecified atom stereocenters. The first-order chi connectivity index (χ1) is 14.3. The average molecular weight is 409 g/mol. The Morgan fingerprint density at radius 1 is 0.967 bits per heavy atom. The minimum atomic E-state index is -4.60. The highest BCUT2D eigenvalue weighted by Gasteiger charge is 2.63. The molecule has 2 amide bonds. The molecule has 2 saturated heterocycles. The van der Waals surface area contributed by atoms with E-state index in [2.05, 4.69) is 6.07 Å². The van der Waals surface area contributed by atoms with Crippen LogP contribution < -0.4 is 4.90 Å². The predicted molar refractivity (Wildman–Crippen MR) is 100 cm³/mol. The summed E-state index contributed by atoms with van der Waals surface area (Å²) in [4.78, 5) is 29.1. The number of hydrogen-bond donors (Lipinski definition) is 0. The van der Waals surface area contributed by atoms with Crippen LogP contribution in [0.15, 0.2) is 54.7 Å². The van der Waals surface area contributed by atoms with Gasteiger partial charge in [0, 0.05) is 6.20 Å². The maximum absolute atomic E-state index is 13.3. The first kappa shape index (κ1) is 18.4. The number of imide groups is 1. The number of nitrogens with zero attached hydrogens (tertiary/aromatic N) is 3. The van der Waals surface area contributed by atoms with Gasteiger partial charge in [-0.3, -0.25) is 9.59 Å². The molecule has 2 aromatic rings. The number of halogens is 3. The summed E-state index contributed by atoms with van der Waals surface area (Å²) in [5.74, 6) is -3.01. The molecule has 0 aliphatic carbocycles. The van der Waals surface area contributed by atoms with Gasteiger partial charge < -0.3 is 4.90 Å². The number of rotatable bonds is 1. The molecule has 5 nitrogen and oxygen atoms in total. The lowest BCUT2D eigenvalue weighted by atomic mass is 9.85. The van der Waals surface area contributed by atoms with Crippen LogP contribution in [0.5, 0.6) is 0 Å². The number of carbonyl (C=O) groups excluding carboxylic acids is 2. The largest absolute Gasteiger partial charge is 0.416 e. The molecule has 3 aliphatic rings. The van der Waals surface area contributed by atoms with Gasteiger partial charge in [0.1, 0.15) is 6.04 Å². The number of fused-ring (bicyclic) bond motifs is 5. The number of anilines is 1. The second kappa shape index (κ2) is 6.20. The molecule has 3 aliphatic heterocycles. The maximum atomic E-state index is 13.3. The third-order valence-corrected chi connectivity index (χ3v) is 6.03. The Kier molecular flexibility index (Phi) is 3.81. The van der Waals surface area contributed by atoms with Gasteiger partial charge in [0.15, 0.2) is 0 Å². The van der Waals surface area contributed by atoms with Crippen molar-refractivity contribution >= 4 is 23.6 Å². The molecule has 4 atom stereocenters. The highest BCUT2D eigenvalue weighted by Crippen LogP contribution is 2.53. The van der Waals surface area contributed by atoms with Gasteiger partial charge >= 0.3 is 6.18 Å². The third kappa shape index (κ3) is 2.41. The van der Waals surface area contributed by atoms with Crippen LogP contribution in [0.25, 0.3) is 6.08 Å². The van der Waals surface area contributed by atoms with Gasteiger partial charge in [0.05, 0.1) is 35.2 Å². The van der Waals surface area contributed by atoms with Crippen LogP contribution in [0, 0.1) is 23.2 Å². The van der Waals surface area contributed by atoms with E-state index in [9.17, 15) is 28.0 Å². The molecule has 8 heteroatoms. The Balaban J connectivity index is 1.61. The molecular formula is C22H14F3N3O2. The molecule has 0 bridgehead atoms. The molecule has 0 aromatic heterocycles. The molecule has 3 heterocycles. The first-order valence-electron chi connectivity index (χ1n) is 9.32. The van der Waals surface area contributed by atoms with Gasteiger partial charge in [-0.2, -0.15) is 18.4 Å². The highest BCUT2D eigenvalue weighted by molar-refractivity contribution is 6.23. The van der Waals surface area contributed by atoms with E-state index >= 15 is 0 Å². The van der Waals surface area contributed by atoms with Crippen LogP contribution in [0.2, 0.25) is 0 Å². The highest BCUT2D eigenvalue weighted by atomic mass is 19.4. The van der Waals surface area contributed by atoms with E-state index in [-0.39, 0.29) is 5.69 Å². The van der Waals surface area contributed by atoms with Crippen molar-refractivity contribution in [2.75, 3.05) is 4.90 Å². The van der Waals surface area contributed by atoms with Crippen molar-refractivity contribution in [3.05, 3.63) is 71.4 Å². The fourth-order valence-electron chi connectivity index (χ4n) is 4.78. The number of benzene rings is 2. The van der Waals surface area contributed by atoms with Gasteiger partial charge in [-0.15, -0.1) is 0 Å². The maximum Gasteiger partial charge on any atom is 0.416 e. The van der Waals surface area contributed by atoms with Crippen molar-refractivity contribution in [1.82, 2.24) is 4.90 Å². The fraction of sp³-hybridized carbons (Fsp3) is 0.227. The van der Waals surface area contributed by atoms with E-state index in [0.29, 0.717) is 0 Å². The van der Waals surface area contributed by atoms with Gasteiger partial charge in [-0.05, 0) is 35.4 Å². The summed E-state index contributed by atoms with van der Waals surface area (Å²) < 4.78 is 39.4. The van der Waals surface area contributed by atoms with E-state index in [1.165, 1.54) is 12.1 Å². The van der Waals surface area contributed by atoms with Crippen LogP contribution in [-0.2, 0) is 15.8 Å². The van der Waals surface area contributed by atoms with E-state index in [1.54, 1.807) is 11.1 Å². The standard InChI is InChI=1S/C22H14F3N3O2/c23-22(24,25)13-5-3-6-14(10-13)28-20(29)17-16(11-26)27-9-8-12-4-1-2-7-15(12)19(27)18(17)21(28)30/h1-10,16-19H/t16-,17+,18-,19-/m1/s1. The second-order valence-corrected chi connectivity index (χ2v) is 7.52. The van der Waals surface area contributed by atoms with Crippen molar-refractivity contribution in [2.45, 2.75) is 18.3 Å². The molecule has 0 spiro atoms. The van der Waals surface area contributed by atoms with E-state index < -0.39 is 47.5 Å². The molecule has 30 heavy (non-hydrogen) atoms. The molecule has 150 valence electrons.